The van der Waals surface area contributed by atoms with E-state index in [4.69, 9.17) is 17.3 Å². The third kappa shape index (κ3) is 3.70. The van der Waals surface area contributed by atoms with E-state index in [-0.39, 0.29) is 11.6 Å². The molecule has 7 nitrogen and oxygen atoms in total. The lowest BCUT2D eigenvalue weighted by atomic mass is 10.0. The van der Waals surface area contributed by atoms with Gasteiger partial charge in [0.1, 0.15) is 0 Å². The Labute approximate surface area is 175 Å². The third-order valence-corrected chi connectivity index (χ3v) is 5.56. The maximum atomic E-state index is 13.5. The van der Waals surface area contributed by atoms with E-state index in [1.54, 1.807) is 29.9 Å². The van der Waals surface area contributed by atoms with Crippen molar-refractivity contribution in [1.29, 1.82) is 0 Å². The van der Waals surface area contributed by atoms with Crippen molar-refractivity contribution in [3.63, 3.8) is 0 Å². The van der Waals surface area contributed by atoms with E-state index in [0.29, 0.717) is 22.9 Å². The van der Waals surface area contributed by atoms with Crippen LogP contribution in [0.3, 0.4) is 0 Å². The van der Waals surface area contributed by atoms with Crippen LogP contribution < -0.4 is 16.2 Å². The fourth-order valence-corrected chi connectivity index (χ4v) is 3.75. The molecule has 152 valence electrons. The summed E-state index contributed by atoms with van der Waals surface area (Å²) in [5.74, 6) is 0.639. The van der Waals surface area contributed by atoms with Crippen molar-refractivity contribution in [3.8, 4) is 22.4 Å². The van der Waals surface area contributed by atoms with Gasteiger partial charge in [-0.05, 0) is 31.4 Å². The highest BCUT2D eigenvalue weighted by atomic mass is 16.1. The number of aromatic nitrogens is 3. The topological polar surface area (TPSA) is 81.4 Å². The Morgan fingerprint density at radius 2 is 1.77 bits per heavy atom. The van der Waals surface area contributed by atoms with Crippen LogP contribution in [0.4, 0.5) is 11.6 Å². The van der Waals surface area contributed by atoms with Gasteiger partial charge in [0.2, 0.25) is 5.95 Å². The molecule has 0 radical (unpaired) electrons. The van der Waals surface area contributed by atoms with Crippen LogP contribution in [0.25, 0.3) is 27.2 Å². The molecule has 0 bridgehead atoms. The van der Waals surface area contributed by atoms with Crippen LogP contribution >= 0.6 is 0 Å². The van der Waals surface area contributed by atoms with Gasteiger partial charge in [-0.1, -0.05) is 30.3 Å². The highest BCUT2D eigenvalue weighted by Gasteiger charge is 2.24. The average Bonchev–Trinajstić information content (AvgIpc) is 2.77. The largest absolute Gasteiger partial charge is 0.342 e. The summed E-state index contributed by atoms with van der Waals surface area (Å²) in [6.07, 6.45) is 3.45. The predicted octanol–water partition coefficient (Wildman–Crippen LogP) is 3.30. The minimum Gasteiger partial charge on any atom is -0.342 e. The molecular weight excluding hydrogens is 376 g/mol. The summed E-state index contributed by atoms with van der Waals surface area (Å²) in [4.78, 5) is 28.4. The first-order valence-electron chi connectivity index (χ1n) is 10.0. The van der Waals surface area contributed by atoms with Gasteiger partial charge in [-0.25, -0.2) is 9.83 Å². The number of nitrogens with two attached hydrogens (primary N) is 1. The summed E-state index contributed by atoms with van der Waals surface area (Å²) in [7, 11) is 1.76. The van der Waals surface area contributed by atoms with E-state index < -0.39 is 0 Å². The molecule has 1 aliphatic heterocycles. The number of anilines is 1. The Bertz CT molecular complexity index is 1150. The second-order valence-corrected chi connectivity index (χ2v) is 7.67. The zero-order valence-electron chi connectivity index (χ0n) is 17.2. The number of benzene rings is 1. The number of hydrogen-bond donors (Lipinski definition) is 1. The van der Waals surface area contributed by atoms with Crippen LogP contribution in [0.15, 0.2) is 47.4 Å². The standard InChI is InChI=1S/C23H24N6O/c1-15-4-5-17(14-26-15)20-21(16-6-8-19(25-2)9-7-16)27-23(28(3)22(20)30)29-12-10-18(24)11-13-29/h4-9,14,18H,10-13,24H2,1,3H3. The van der Waals surface area contributed by atoms with Crippen molar-refractivity contribution in [2.45, 2.75) is 25.8 Å². The maximum absolute atomic E-state index is 13.5. The zero-order valence-corrected chi connectivity index (χ0v) is 17.2. The molecule has 1 saturated heterocycles. The molecule has 3 heterocycles. The number of rotatable bonds is 3. The lowest BCUT2D eigenvalue weighted by Gasteiger charge is -2.32. The first-order chi connectivity index (χ1) is 14.5. The SMILES string of the molecule is [C-]#[N+]c1ccc(-c2nc(N3CCC(N)CC3)n(C)c(=O)c2-c2ccc(C)nc2)cc1. The van der Waals surface area contributed by atoms with Gasteiger partial charge >= 0.3 is 0 Å². The van der Waals surface area contributed by atoms with E-state index in [1.807, 2.05) is 31.2 Å². The highest BCUT2D eigenvalue weighted by molar-refractivity contribution is 5.81. The molecule has 2 N–H and O–H groups in total. The van der Waals surface area contributed by atoms with Gasteiger partial charge in [0.15, 0.2) is 5.69 Å². The van der Waals surface area contributed by atoms with E-state index >= 15 is 0 Å². The molecule has 0 atom stereocenters. The Balaban J connectivity index is 1.92. The zero-order chi connectivity index (χ0) is 21.3. The van der Waals surface area contributed by atoms with Gasteiger partial charge in [0, 0.05) is 43.6 Å². The number of piperidine rings is 1. The molecule has 0 spiro atoms. The molecule has 1 aromatic carbocycles. The molecule has 0 aliphatic carbocycles. The van der Waals surface area contributed by atoms with Gasteiger partial charge < -0.3 is 10.6 Å². The highest BCUT2D eigenvalue weighted by Crippen LogP contribution is 2.31. The normalized spacial score (nSPS) is 14.5. The fraction of sp³-hybridized carbons (Fsp3) is 0.304. The van der Waals surface area contributed by atoms with Gasteiger partial charge in [-0.2, -0.15) is 0 Å². The van der Waals surface area contributed by atoms with Crippen molar-refractivity contribution >= 4 is 11.6 Å². The molecule has 0 saturated carbocycles. The lowest BCUT2D eigenvalue weighted by molar-refractivity contribution is 0.490. The smallest absolute Gasteiger partial charge is 0.263 e. The Hall–Kier alpha value is -3.50. The summed E-state index contributed by atoms with van der Waals surface area (Å²) in [5, 5.41) is 0. The number of pyridine rings is 1. The molecule has 3 aromatic rings. The summed E-state index contributed by atoms with van der Waals surface area (Å²) in [5.41, 5.74) is 10.0. The third-order valence-electron chi connectivity index (χ3n) is 5.56. The van der Waals surface area contributed by atoms with Crippen molar-refractivity contribution in [3.05, 3.63) is 70.1 Å². The minimum atomic E-state index is -0.121. The molecule has 4 rings (SSSR count). The maximum Gasteiger partial charge on any atom is 0.263 e. The van der Waals surface area contributed by atoms with Crippen LogP contribution in [-0.4, -0.2) is 33.7 Å². The summed E-state index contributed by atoms with van der Waals surface area (Å²) >= 11 is 0. The Morgan fingerprint density at radius 1 is 1.10 bits per heavy atom. The number of nitrogens with zero attached hydrogens (tertiary/aromatic N) is 5. The quantitative estimate of drug-likeness (QED) is 0.682. The van der Waals surface area contributed by atoms with E-state index in [9.17, 15) is 4.79 Å². The van der Waals surface area contributed by atoms with Gasteiger partial charge in [0.05, 0.1) is 17.8 Å². The van der Waals surface area contributed by atoms with Crippen LogP contribution in [-0.2, 0) is 7.05 Å². The van der Waals surface area contributed by atoms with Gasteiger partial charge in [-0.3, -0.25) is 14.3 Å². The second kappa shape index (κ2) is 8.09. The first-order valence-corrected chi connectivity index (χ1v) is 10.0. The van der Waals surface area contributed by atoms with Gasteiger partial charge in [-0.15, -0.1) is 0 Å². The predicted molar refractivity (Wildman–Crippen MR) is 119 cm³/mol. The molecule has 30 heavy (non-hydrogen) atoms. The fourth-order valence-electron chi connectivity index (χ4n) is 3.75. The molecule has 1 aliphatic rings. The molecule has 0 unspecified atom stereocenters. The Morgan fingerprint density at radius 3 is 2.37 bits per heavy atom. The molecule has 2 aromatic heterocycles. The van der Waals surface area contributed by atoms with E-state index in [0.717, 1.165) is 42.8 Å². The monoisotopic (exact) mass is 400 g/mol. The van der Waals surface area contributed by atoms with Crippen LogP contribution in [0, 0.1) is 13.5 Å². The molecule has 7 heteroatoms. The summed E-state index contributed by atoms with van der Waals surface area (Å²) in [6, 6.07) is 11.2. The van der Waals surface area contributed by atoms with Gasteiger partial charge in [0.25, 0.3) is 5.56 Å². The Kier molecular flexibility index (Phi) is 5.34. The number of aryl methyl sites for hydroxylation is 1. The minimum absolute atomic E-state index is 0.121. The van der Waals surface area contributed by atoms with E-state index in [1.165, 1.54) is 0 Å². The molecule has 0 amide bonds. The second-order valence-electron chi connectivity index (χ2n) is 7.67. The molecule has 1 fully saturated rings. The van der Waals surface area contributed by atoms with Crippen LogP contribution in [0.1, 0.15) is 18.5 Å². The van der Waals surface area contributed by atoms with Crippen molar-refractivity contribution in [2.75, 3.05) is 18.0 Å². The number of hydrogen-bond acceptors (Lipinski definition) is 5. The van der Waals surface area contributed by atoms with Crippen LogP contribution in [0.5, 0.6) is 0 Å². The summed E-state index contributed by atoms with van der Waals surface area (Å²) < 4.78 is 1.61. The first kappa shape index (κ1) is 19.8. The van der Waals surface area contributed by atoms with Crippen LogP contribution in [0.2, 0.25) is 0 Å². The van der Waals surface area contributed by atoms with Crippen molar-refractivity contribution in [2.24, 2.45) is 12.8 Å². The lowest BCUT2D eigenvalue weighted by Crippen LogP contribution is -2.42. The van der Waals surface area contributed by atoms with Crippen molar-refractivity contribution in [1.82, 2.24) is 14.5 Å². The molecular formula is C23H24N6O. The van der Waals surface area contributed by atoms with Crippen molar-refractivity contribution < 1.29 is 0 Å². The average molecular weight is 400 g/mol. The van der Waals surface area contributed by atoms with E-state index in [2.05, 4.69) is 14.7 Å². The summed E-state index contributed by atoms with van der Waals surface area (Å²) in [6.45, 7) is 10.6.